The SMILES string of the molecule is CC1=C(C(=O)O)c2cnc(OCc3cc(-c4c(C)cc(OCC[C@@H](O)CO)cc4C)c(F)cc3F)cc2C1. The Kier molecular flexibility index (Phi) is 8.08. The van der Waals surface area contributed by atoms with Crippen LogP contribution in [0.4, 0.5) is 8.78 Å². The molecule has 38 heavy (non-hydrogen) atoms. The number of rotatable bonds is 10. The molecule has 1 aliphatic carbocycles. The Balaban J connectivity index is 1.54. The van der Waals surface area contributed by atoms with Crippen LogP contribution in [0.2, 0.25) is 0 Å². The Morgan fingerprint density at radius 2 is 1.74 bits per heavy atom. The lowest BCUT2D eigenvalue weighted by Gasteiger charge is -2.16. The molecule has 1 heterocycles. The van der Waals surface area contributed by atoms with Crippen molar-refractivity contribution >= 4 is 11.5 Å². The largest absolute Gasteiger partial charge is 0.493 e. The second-order valence-electron chi connectivity index (χ2n) is 9.43. The molecule has 1 aliphatic rings. The molecule has 4 rings (SSSR count). The average Bonchev–Trinajstić information content (AvgIpc) is 3.19. The maximum absolute atomic E-state index is 14.9. The van der Waals surface area contributed by atoms with Gasteiger partial charge in [-0.25, -0.2) is 18.6 Å². The minimum atomic E-state index is -1.01. The number of carboxylic acids is 1. The molecule has 3 N–H and O–H groups in total. The number of hydrogen-bond acceptors (Lipinski definition) is 6. The molecule has 0 bridgehead atoms. The summed E-state index contributed by atoms with van der Waals surface area (Å²) in [5.41, 5.74) is 4.67. The van der Waals surface area contributed by atoms with E-state index in [1.807, 2.05) is 0 Å². The molecule has 0 aliphatic heterocycles. The van der Waals surface area contributed by atoms with Crippen LogP contribution in [0.25, 0.3) is 16.7 Å². The number of allylic oxidation sites excluding steroid dienone is 1. The number of benzene rings is 2. The number of aliphatic carboxylic acids is 1. The number of ether oxygens (including phenoxy) is 2. The van der Waals surface area contributed by atoms with Crippen LogP contribution < -0.4 is 9.47 Å². The second kappa shape index (κ2) is 11.3. The molecule has 0 unspecified atom stereocenters. The number of halogens is 2. The smallest absolute Gasteiger partial charge is 0.336 e. The fourth-order valence-electron chi connectivity index (χ4n) is 4.71. The van der Waals surface area contributed by atoms with Crippen molar-refractivity contribution in [3.63, 3.8) is 0 Å². The van der Waals surface area contributed by atoms with Crippen LogP contribution in [-0.2, 0) is 17.8 Å². The van der Waals surface area contributed by atoms with Crippen LogP contribution in [0.15, 0.2) is 42.1 Å². The van der Waals surface area contributed by atoms with E-state index in [2.05, 4.69) is 4.98 Å². The number of carboxylic acid groups (broad SMARTS) is 1. The van der Waals surface area contributed by atoms with Crippen molar-refractivity contribution in [2.45, 2.75) is 46.3 Å². The van der Waals surface area contributed by atoms with Crippen molar-refractivity contribution in [1.29, 1.82) is 0 Å². The van der Waals surface area contributed by atoms with Crippen molar-refractivity contribution in [3.8, 4) is 22.8 Å². The molecule has 0 spiro atoms. The first kappa shape index (κ1) is 27.2. The van der Waals surface area contributed by atoms with E-state index in [4.69, 9.17) is 14.6 Å². The van der Waals surface area contributed by atoms with E-state index < -0.39 is 23.7 Å². The van der Waals surface area contributed by atoms with E-state index in [0.717, 1.165) is 28.3 Å². The first-order chi connectivity index (χ1) is 18.1. The zero-order chi connectivity index (χ0) is 27.6. The summed E-state index contributed by atoms with van der Waals surface area (Å²) < 4.78 is 41.0. The molecule has 0 fully saturated rings. The molecule has 0 radical (unpaired) electrons. The molecule has 1 atom stereocenters. The quantitative estimate of drug-likeness (QED) is 0.350. The fraction of sp³-hybridized carbons (Fsp3) is 0.310. The van der Waals surface area contributed by atoms with Crippen LogP contribution in [0.5, 0.6) is 11.6 Å². The predicted molar refractivity (Wildman–Crippen MR) is 137 cm³/mol. The Bertz CT molecular complexity index is 1400. The number of carbonyl (C=O) groups is 1. The lowest BCUT2D eigenvalue weighted by molar-refractivity contribution is -0.130. The van der Waals surface area contributed by atoms with Crippen LogP contribution >= 0.6 is 0 Å². The van der Waals surface area contributed by atoms with Crippen molar-refractivity contribution in [3.05, 3.63) is 81.6 Å². The van der Waals surface area contributed by atoms with Gasteiger partial charge in [-0.2, -0.15) is 0 Å². The van der Waals surface area contributed by atoms with Gasteiger partial charge in [-0.15, -0.1) is 0 Å². The first-order valence-electron chi connectivity index (χ1n) is 12.2. The molecule has 0 saturated carbocycles. The van der Waals surface area contributed by atoms with Crippen LogP contribution in [-0.4, -0.2) is 45.6 Å². The van der Waals surface area contributed by atoms with E-state index >= 15 is 0 Å². The van der Waals surface area contributed by atoms with Gasteiger partial charge < -0.3 is 24.8 Å². The highest BCUT2D eigenvalue weighted by atomic mass is 19.1. The van der Waals surface area contributed by atoms with Gasteiger partial charge in [0.05, 0.1) is 24.9 Å². The van der Waals surface area contributed by atoms with Gasteiger partial charge in [0.1, 0.15) is 24.0 Å². The third kappa shape index (κ3) is 5.69. The highest BCUT2D eigenvalue weighted by Gasteiger charge is 2.25. The number of pyridine rings is 1. The Morgan fingerprint density at radius 1 is 1.03 bits per heavy atom. The first-order valence-corrected chi connectivity index (χ1v) is 12.2. The maximum Gasteiger partial charge on any atom is 0.336 e. The zero-order valence-corrected chi connectivity index (χ0v) is 21.3. The van der Waals surface area contributed by atoms with Crippen molar-refractivity contribution in [2.75, 3.05) is 13.2 Å². The Hall–Kier alpha value is -3.82. The molecule has 1 aromatic heterocycles. The minimum absolute atomic E-state index is 0.140. The lowest BCUT2D eigenvalue weighted by atomic mass is 9.93. The highest BCUT2D eigenvalue weighted by molar-refractivity contribution is 6.18. The van der Waals surface area contributed by atoms with Crippen molar-refractivity contribution in [1.82, 2.24) is 4.98 Å². The fourth-order valence-corrected chi connectivity index (χ4v) is 4.71. The van der Waals surface area contributed by atoms with Crippen LogP contribution in [0, 0.1) is 25.5 Å². The third-order valence-electron chi connectivity index (χ3n) is 6.55. The summed E-state index contributed by atoms with van der Waals surface area (Å²) in [4.78, 5) is 15.7. The summed E-state index contributed by atoms with van der Waals surface area (Å²) in [6, 6.07) is 7.37. The van der Waals surface area contributed by atoms with Gasteiger partial charge in [0, 0.05) is 41.4 Å². The van der Waals surface area contributed by atoms with Gasteiger partial charge in [-0.05, 0) is 67.6 Å². The second-order valence-corrected chi connectivity index (χ2v) is 9.43. The number of nitrogens with zero attached hydrogens (tertiary/aromatic N) is 1. The number of aliphatic hydroxyl groups excluding tert-OH is 2. The van der Waals surface area contributed by atoms with Crippen LogP contribution in [0.1, 0.15) is 41.2 Å². The molecule has 200 valence electrons. The van der Waals surface area contributed by atoms with Gasteiger partial charge in [0.15, 0.2) is 0 Å². The highest BCUT2D eigenvalue weighted by Crippen LogP contribution is 2.36. The van der Waals surface area contributed by atoms with Crippen LogP contribution in [0.3, 0.4) is 0 Å². The summed E-state index contributed by atoms with van der Waals surface area (Å²) in [6.07, 6.45) is 1.31. The van der Waals surface area contributed by atoms with E-state index in [9.17, 15) is 23.8 Å². The Labute approximate surface area is 219 Å². The van der Waals surface area contributed by atoms with Crippen molar-refractivity contribution < 1.29 is 38.4 Å². The molecule has 3 aromatic rings. The van der Waals surface area contributed by atoms with Gasteiger partial charge in [-0.3, -0.25) is 0 Å². The summed E-state index contributed by atoms with van der Waals surface area (Å²) >= 11 is 0. The molecular formula is C29H29F2NO6. The molecule has 0 amide bonds. The summed E-state index contributed by atoms with van der Waals surface area (Å²) in [5.74, 6) is -1.72. The molecule has 7 nitrogen and oxygen atoms in total. The van der Waals surface area contributed by atoms with Gasteiger partial charge in [0.25, 0.3) is 0 Å². The van der Waals surface area contributed by atoms with E-state index in [1.54, 1.807) is 39.0 Å². The van der Waals surface area contributed by atoms with E-state index in [1.165, 1.54) is 12.3 Å². The summed E-state index contributed by atoms with van der Waals surface area (Å²) in [7, 11) is 0. The number of aromatic nitrogens is 1. The monoisotopic (exact) mass is 525 g/mol. The average molecular weight is 526 g/mol. The van der Waals surface area contributed by atoms with Gasteiger partial charge in [-0.1, -0.05) is 5.57 Å². The minimum Gasteiger partial charge on any atom is -0.493 e. The third-order valence-corrected chi connectivity index (χ3v) is 6.55. The zero-order valence-electron chi connectivity index (χ0n) is 21.3. The maximum atomic E-state index is 14.9. The summed E-state index contributed by atoms with van der Waals surface area (Å²) in [5, 5.41) is 27.8. The number of aryl methyl sites for hydroxylation is 2. The van der Waals surface area contributed by atoms with Crippen molar-refractivity contribution in [2.24, 2.45) is 0 Å². The molecule has 0 saturated heterocycles. The Morgan fingerprint density at radius 3 is 2.39 bits per heavy atom. The number of fused-ring (bicyclic) bond motifs is 1. The number of hydrogen-bond donors (Lipinski definition) is 3. The summed E-state index contributed by atoms with van der Waals surface area (Å²) in [6.45, 7) is 5.01. The molecule has 2 aromatic carbocycles. The van der Waals surface area contributed by atoms with E-state index in [-0.39, 0.29) is 48.8 Å². The molecule has 9 heteroatoms. The standard InChI is InChI=1S/C29H29F2NO6/c1-15-6-18-10-26(32-12-23(18)28(15)29(35)36)38-14-19-9-22(25(31)11-24(19)30)27-16(2)7-21(8-17(27)3)37-5-4-20(34)13-33/h7-12,20,33-34H,4-6,13-14H2,1-3H3,(H,35,36)/t20-/m1/s1. The predicted octanol–water partition coefficient (Wildman–Crippen LogP) is 4.76. The number of aliphatic hydroxyl groups is 2. The van der Waals surface area contributed by atoms with E-state index in [0.29, 0.717) is 23.3 Å². The van der Waals surface area contributed by atoms with Gasteiger partial charge >= 0.3 is 5.97 Å². The lowest BCUT2D eigenvalue weighted by Crippen LogP contribution is -2.15. The van der Waals surface area contributed by atoms with Gasteiger partial charge in [0.2, 0.25) is 5.88 Å². The normalized spacial score (nSPS) is 13.4. The molecular weight excluding hydrogens is 496 g/mol. The topological polar surface area (TPSA) is 109 Å².